The highest BCUT2D eigenvalue weighted by molar-refractivity contribution is 5.98. The summed E-state index contributed by atoms with van der Waals surface area (Å²) in [5.41, 5.74) is 11.8. The molecule has 2 heterocycles. The molecule has 0 radical (unpaired) electrons. The van der Waals surface area contributed by atoms with E-state index in [0.717, 1.165) is 0 Å². The molecular weight excluding hydrogens is 248 g/mol. The van der Waals surface area contributed by atoms with Gasteiger partial charge >= 0.3 is 0 Å². The van der Waals surface area contributed by atoms with Crippen molar-refractivity contribution in [2.75, 3.05) is 12.8 Å². The molecule has 1 amide bonds. The number of carbonyl (C=O) groups is 1. The summed E-state index contributed by atoms with van der Waals surface area (Å²) in [4.78, 5) is 19.3. The van der Waals surface area contributed by atoms with Crippen LogP contribution in [0, 0.1) is 6.92 Å². The number of ether oxygens (including phenoxy) is 1. The normalized spacial score (nSPS) is 10.2. The molecule has 2 aromatic rings. The van der Waals surface area contributed by atoms with Crippen LogP contribution in [0.4, 0.5) is 5.82 Å². The summed E-state index contributed by atoms with van der Waals surface area (Å²) in [6, 6.07) is 3.27. The molecule has 0 spiro atoms. The third-order valence-electron chi connectivity index (χ3n) is 2.44. The molecule has 2 aromatic heterocycles. The molecule has 0 aliphatic carbocycles. The minimum Gasteiger partial charge on any atom is -0.480 e. The van der Waals surface area contributed by atoms with E-state index in [9.17, 15) is 4.79 Å². The topological polar surface area (TPSA) is 130 Å². The van der Waals surface area contributed by atoms with Crippen LogP contribution in [0.2, 0.25) is 0 Å². The Morgan fingerprint density at radius 3 is 2.47 bits per heavy atom. The molecule has 8 nitrogen and oxygen atoms in total. The van der Waals surface area contributed by atoms with Crippen molar-refractivity contribution in [1.82, 2.24) is 20.2 Å². The van der Waals surface area contributed by atoms with Crippen molar-refractivity contribution in [3.8, 4) is 17.4 Å². The third kappa shape index (κ3) is 2.41. The summed E-state index contributed by atoms with van der Waals surface area (Å²) < 4.78 is 4.90. The van der Waals surface area contributed by atoms with Gasteiger partial charge in [0.05, 0.1) is 12.8 Å². The highest BCUT2D eigenvalue weighted by Gasteiger charge is 2.15. The smallest absolute Gasteiger partial charge is 0.254 e. The largest absolute Gasteiger partial charge is 0.480 e. The van der Waals surface area contributed by atoms with Crippen molar-refractivity contribution in [3.05, 3.63) is 23.4 Å². The van der Waals surface area contributed by atoms with Gasteiger partial charge in [0.2, 0.25) is 5.88 Å². The highest BCUT2D eigenvalue weighted by atomic mass is 16.5. The fraction of sp³-hybridized carbons (Fsp3) is 0.182. The molecule has 4 N–H and O–H groups in total. The third-order valence-corrected chi connectivity index (χ3v) is 2.44. The van der Waals surface area contributed by atoms with Crippen LogP contribution < -0.4 is 16.2 Å². The summed E-state index contributed by atoms with van der Waals surface area (Å²) in [7, 11) is 1.49. The minimum absolute atomic E-state index is 0.0209. The summed E-state index contributed by atoms with van der Waals surface area (Å²) in [6.45, 7) is 1.62. The molecule has 0 saturated carbocycles. The standard InChI is InChI=1S/C11H12N6O2/c1-5-8(10(13)18)9(12)15-11(14-5)6-3-4-7(19-2)17-16-6/h3-4H,1-2H3,(H2,13,18)(H2,12,14,15). The van der Waals surface area contributed by atoms with Crippen molar-refractivity contribution < 1.29 is 9.53 Å². The molecule has 0 atom stereocenters. The first-order valence-electron chi connectivity index (χ1n) is 5.35. The Morgan fingerprint density at radius 1 is 1.26 bits per heavy atom. The van der Waals surface area contributed by atoms with Crippen molar-refractivity contribution in [2.45, 2.75) is 6.92 Å². The van der Waals surface area contributed by atoms with Crippen molar-refractivity contribution in [3.63, 3.8) is 0 Å². The molecule has 8 heteroatoms. The van der Waals surface area contributed by atoms with Crippen LogP contribution in [-0.4, -0.2) is 33.2 Å². The number of primary amides is 1. The van der Waals surface area contributed by atoms with E-state index in [4.69, 9.17) is 16.2 Å². The average molecular weight is 260 g/mol. The van der Waals surface area contributed by atoms with Gasteiger partial charge in [-0.15, -0.1) is 10.2 Å². The Balaban J connectivity index is 2.48. The predicted molar refractivity (Wildman–Crippen MR) is 67.3 cm³/mol. The zero-order valence-electron chi connectivity index (χ0n) is 10.4. The number of aromatic nitrogens is 4. The van der Waals surface area contributed by atoms with Gasteiger partial charge < -0.3 is 16.2 Å². The van der Waals surface area contributed by atoms with Crippen LogP contribution in [0.25, 0.3) is 11.5 Å². The molecule has 98 valence electrons. The number of carbonyl (C=O) groups excluding carboxylic acids is 1. The number of nitrogens with zero attached hydrogens (tertiary/aromatic N) is 4. The van der Waals surface area contributed by atoms with E-state index in [0.29, 0.717) is 17.3 Å². The SMILES string of the molecule is COc1ccc(-c2nc(C)c(C(N)=O)c(N)n2)nn1. The Morgan fingerprint density at radius 2 is 2.00 bits per heavy atom. The van der Waals surface area contributed by atoms with E-state index in [1.165, 1.54) is 7.11 Å². The van der Waals surface area contributed by atoms with Gasteiger partial charge in [-0.1, -0.05) is 0 Å². The maximum Gasteiger partial charge on any atom is 0.254 e. The van der Waals surface area contributed by atoms with E-state index >= 15 is 0 Å². The van der Waals surface area contributed by atoms with Gasteiger partial charge in [-0.2, -0.15) is 0 Å². The molecule has 0 bridgehead atoms. The number of hydrogen-bond acceptors (Lipinski definition) is 7. The molecule has 0 saturated heterocycles. The molecule has 0 aliphatic rings. The van der Waals surface area contributed by atoms with Gasteiger partial charge in [0.15, 0.2) is 5.82 Å². The number of nitrogen functional groups attached to an aromatic ring is 1. The lowest BCUT2D eigenvalue weighted by atomic mass is 10.2. The quantitative estimate of drug-likeness (QED) is 0.789. The Hall–Kier alpha value is -2.77. The monoisotopic (exact) mass is 260 g/mol. The number of amides is 1. The second kappa shape index (κ2) is 4.84. The Kier molecular flexibility index (Phi) is 3.23. The van der Waals surface area contributed by atoms with Crippen LogP contribution in [0.1, 0.15) is 16.1 Å². The van der Waals surface area contributed by atoms with E-state index in [-0.39, 0.29) is 17.2 Å². The van der Waals surface area contributed by atoms with Crippen molar-refractivity contribution in [1.29, 1.82) is 0 Å². The number of rotatable bonds is 3. The molecule has 19 heavy (non-hydrogen) atoms. The summed E-state index contributed by atoms with van der Waals surface area (Å²) in [5.74, 6) is 0.00679. The maximum atomic E-state index is 11.2. The lowest BCUT2D eigenvalue weighted by Gasteiger charge is -2.07. The number of anilines is 1. The number of hydrogen-bond donors (Lipinski definition) is 2. The van der Waals surface area contributed by atoms with E-state index < -0.39 is 5.91 Å². The summed E-state index contributed by atoms with van der Waals surface area (Å²) >= 11 is 0. The first kappa shape index (κ1) is 12.7. The number of aryl methyl sites for hydroxylation is 1. The molecular formula is C11H12N6O2. The first-order valence-corrected chi connectivity index (χ1v) is 5.35. The van der Waals surface area contributed by atoms with Crippen LogP contribution in [-0.2, 0) is 0 Å². The van der Waals surface area contributed by atoms with Gasteiger partial charge in [-0.05, 0) is 13.0 Å². The van der Waals surface area contributed by atoms with Gasteiger partial charge in [-0.25, -0.2) is 9.97 Å². The summed E-state index contributed by atoms with van der Waals surface area (Å²) in [5, 5.41) is 7.71. The van der Waals surface area contributed by atoms with Gasteiger partial charge in [0, 0.05) is 6.07 Å². The molecule has 0 fully saturated rings. The second-order valence-corrected chi connectivity index (χ2v) is 3.72. The molecule has 0 unspecified atom stereocenters. The molecule has 2 rings (SSSR count). The van der Waals surface area contributed by atoms with E-state index in [2.05, 4.69) is 20.2 Å². The highest BCUT2D eigenvalue weighted by Crippen LogP contribution is 2.19. The van der Waals surface area contributed by atoms with Gasteiger partial charge in [0.25, 0.3) is 5.91 Å². The lowest BCUT2D eigenvalue weighted by molar-refractivity contribution is 0.1000. The zero-order valence-corrected chi connectivity index (χ0v) is 10.4. The molecule has 0 aliphatic heterocycles. The fourth-order valence-corrected chi connectivity index (χ4v) is 1.56. The minimum atomic E-state index is -0.664. The maximum absolute atomic E-state index is 11.2. The lowest BCUT2D eigenvalue weighted by Crippen LogP contribution is -2.18. The Labute approximate surface area is 108 Å². The first-order chi connectivity index (χ1) is 9.02. The van der Waals surface area contributed by atoms with Crippen LogP contribution in [0.5, 0.6) is 5.88 Å². The van der Waals surface area contributed by atoms with Gasteiger partial charge in [0.1, 0.15) is 17.1 Å². The van der Waals surface area contributed by atoms with Crippen LogP contribution in [0.15, 0.2) is 12.1 Å². The number of methoxy groups -OCH3 is 1. The number of nitrogens with two attached hydrogens (primary N) is 2. The van der Waals surface area contributed by atoms with Crippen LogP contribution >= 0.6 is 0 Å². The van der Waals surface area contributed by atoms with Gasteiger partial charge in [-0.3, -0.25) is 4.79 Å². The van der Waals surface area contributed by atoms with Crippen LogP contribution in [0.3, 0.4) is 0 Å². The average Bonchev–Trinajstić information content (AvgIpc) is 2.37. The summed E-state index contributed by atoms with van der Waals surface area (Å²) in [6.07, 6.45) is 0. The fourth-order valence-electron chi connectivity index (χ4n) is 1.56. The van der Waals surface area contributed by atoms with E-state index in [1.807, 2.05) is 0 Å². The predicted octanol–water partition coefficient (Wildman–Crippen LogP) is -0.0683. The van der Waals surface area contributed by atoms with Crippen molar-refractivity contribution in [2.24, 2.45) is 5.73 Å². The Bertz CT molecular complexity index is 603. The zero-order chi connectivity index (χ0) is 14.0. The second-order valence-electron chi connectivity index (χ2n) is 3.72. The van der Waals surface area contributed by atoms with E-state index in [1.54, 1.807) is 19.1 Å². The van der Waals surface area contributed by atoms with Crippen molar-refractivity contribution >= 4 is 11.7 Å². The molecule has 0 aromatic carbocycles.